The Morgan fingerprint density at radius 2 is 2.27 bits per heavy atom. The first-order chi connectivity index (χ1) is 10.5. The predicted octanol–water partition coefficient (Wildman–Crippen LogP) is 1.84. The summed E-state index contributed by atoms with van der Waals surface area (Å²) in [5, 5.41) is 4.34. The maximum absolute atomic E-state index is 11.6. The van der Waals surface area contributed by atoms with Crippen LogP contribution < -0.4 is 11.1 Å². The van der Waals surface area contributed by atoms with Crippen LogP contribution >= 0.6 is 22.6 Å². The highest BCUT2D eigenvalue weighted by molar-refractivity contribution is 14.1. The van der Waals surface area contributed by atoms with E-state index in [4.69, 9.17) is 5.73 Å². The van der Waals surface area contributed by atoms with Crippen molar-refractivity contribution >= 4 is 45.2 Å². The Balaban J connectivity index is 2.01. The molecule has 2 heterocycles. The molecule has 1 amide bonds. The maximum atomic E-state index is 11.6. The third-order valence-corrected chi connectivity index (χ3v) is 4.56. The summed E-state index contributed by atoms with van der Waals surface area (Å²) in [5.41, 5.74) is 6.52. The van der Waals surface area contributed by atoms with Gasteiger partial charge in [0.05, 0.1) is 11.1 Å². The highest BCUT2D eigenvalue weighted by Gasteiger charge is 2.19. The maximum Gasteiger partial charge on any atom is 0.250 e. The lowest BCUT2D eigenvalue weighted by molar-refractivity contribution is 0.100. The Bertz CT molecular complexity index is 720. The van der Waals surface area contributed by atoms with Gasteiger partial charge in [-0.15, -0.1) is 0 Å². The Morgan fingerprint density at radius 1 is 1.45 bits per heavy atom. The topological polar surface area (TPSA) is 84.1 Å². The van der Waals surface area contributed by atoms with Gasteiger partial charge in [0.1, 0.15) is 12.1 Å². The van der Waals surface area contributed by atoms with Crippen LogP contribution in [0.4, 0.5) is 5.82 Å². The smallest absolute Gasteiger partial charge is 0.250 e. The Labute approximate surface area is 142 Å². The van der Waals surface area contributed by atoms with Crippen LogP contribution in [0.5, 0.6) is 0 Å². The SMILES string of the molecule is CN1CCCC(Nc2ncnc3c(C(N)=O)cc(I)cc23)C1. The van der Waals surface area contributed by atoms with E-state index in [1.54, 1.807) is 6.07 Å². The van der Waals surface area contributed by atoms with Gasteiger partial charge in [-0.2, -0.15) is 0 Å². The largest absolute Gasteiger partial charge is 0.366 e. The summed E-state index contributed by atoms with van der Waals surface area (Å²) in [7, 11) is 2.13. The number of benzene rings is 1. The van der Waals surface area contributed by atoms with Crippen molar-refractivity contribution in [2.75, 3.05) is 25.5 Å². The normalized spacial score (nSPS) is 19.3. The number of aromatic nitrogens is 2. The van der Waals surface area contributed by atoms with Crippen LogP contribution in [0.2, 0.25) is 0 Å². The van der Waals surface area contributed by atoms with Gasteiger partial charge in [-0.1, -0.05) is 0 Å². The number of hydrogen-bond acceptors (Lipinski definition) is 5. The minimum Gasteiger partial charge on any atom is -0.366 e. The van der Waals surface area contributed by atoms with Crippen LogP contribution in [0.25, 0.3) is 10.9 Å². The summed E-state index contributed by atoms with van der Waals surface area (Å²) >= 11 is 2.18. The number of rotatable bonds is 3. The number of nitrogens with one attached hydrogen (secondary N) is 1. The van der Waals surface area contributed by atoms with Crippen molar-refractivity contribution < 1.29 is 4.79 Å². The van der Waals surface area contributed by atoms with Crippen molar-refractivity contribution in [3.05, 3.63) is 27.6 Å². The number of likely N-dealkylation sites (N-methyl/N-ethyl adjacent to an activating group) is 1. The summed E-state index contributed by atoms with van der Waals surface area (Å²) in [4.78, 5) is 22.6. The predicted molar refractivity (Wildman–Crippen MR) is 94.9 cm³/mol. The molecular formula is C15H18IN5O. The zero-order valence-electron chi connectivity index (χ0n) is 12.3. The van der Waals surface area contributed by atoms with Crippen molar-refractivity contribution in [2.24, 2.45) is 5.73 Å². The summed E-state index contributed by atoms with van der Waals surface area (Å²) in [6.07, 6.45) is 3.76. The third kappa shape index (κ3) is 3.14. The number of fused-ring (bicyclic) bond motifs is 1. The van der Waals surface area contributed by atoms with Crippen LogP contribution in [0, 0.1) is 3.57 Å². The Kier molecular flexibility index (Phi) is 4.44. The molecule has 1 aromatic heterocycles. The monoisotopic (exact) mass is 411 g/mol. The van der Waals surface area contributed by atoms with Gasteiger partial charge < -0.3 is 16.0 Å². The number of carbonyl (C=O) groups is 1. The molecule has 22 heavy (non-hydrogen) atoms. The van der Waals surface area contributed by atoms with Gasteiger partial charge in [0.25, 0.3) is 5.91 Å². The summed E-state index contributed by atoms with van der Waals surface area (Å²) < 4.78 is 0.942. The first-order valence-electron chi connectivity index (χ1n) is 7.23. The number of likely N-dealkylation sites (tertiary alicyclic amines) is 1. The van der Waals surface area contributed by atoms with Gasteiger partial charge in [0.15, 0.2) is 0 Å². The van der Waals surface area contributed by atoms with Crippen LogP contribution in [-0.2, 0) is 0 Å². The second-order valence-electron chi connectivity index (χ2n) is 5.68. The van der Waals surface area contributed by atoms with Crippen molar-refractivity contribution in [2.45, 2.75) is 18.9 Å². The number of primary amides is 1. The molecule has 2 aromatic rings. The lowest BCUT2D eigenvalue weighted by atomic mass is 10.1. The quantitative estimate of drug-likeness (QED) is 0.754. The molecule has 1 atom stereocenters. The lowest BCUT2D eigenvalue weighted by Crippen LogP contribution is -2.39. The van der Waals surface area contributed by atoms with Gasteiger partial charge in [0, 0.05) is 21.5 Å². The molecule has 116 valence electrons. The Morgan fingerprint density at radius 3 is 3.00 bits per heavy atom. The van der Waals surface area contributed by atoms with Gasteiger partial charge in [-0.25, -0.2) is 9.97 Å². The molecule has 1 aromatic carbocycles. The minimum absolute atomic E-state index is 0.353. The van der Waals surface area contributed by atoms with E-state index in [1.165, 1.54) is 12.7 Å². The van der Waals surface area contributed by atoms with Gasteiger partial charge in [-0.3, -0.25) is 4.79 Å². The fraction of sp³-hybridized carbons (Fsp3) is 0.400. The van der Waals surface area contributed by atoms with Gasteiger partial charge >= 0.3 is 0 Å². The fourth-order valence-electron chi connectivity index (χ4n) is 2.91. The number of carbonyl (C=O) groups excluding carboxylic acids is 1. The van der Waals surface area contributed by atoms with Crippen LogP contribution in [0.1, 0.15) is 23.2 Å². The molecule has 3 rings (SSSR count). The van der Waals surface area contributed by atoms with Crippen LogP contribution in [0.3, 0.4) is 0 Å². The van der Waals surface area contributed by atoms with E-state index in [9.17, 15) is 4.79 Å². The molecule has 0 bridgehead atoms. The summed E-state index contributed by atoms with van der Waals surface area (Å²) in [5.74, 6) is 0.303. The first-order valence-corrected chi connectivity index (χ1v) is 8.31. The number of hydrogen-bond donors (Lipinski definition) is 2. The highest BCUT2D eigenvalue weighted by Crippen LogP contribution is 2.26. The molecule has 1 unspecified atom stereocenters. The number of halogens is 1. The second-order valence-corrected chi connectivity index (χ2v) is 6.93. The molecule has 1 fully saturated rings. The summed E-state index contributed by atoms with van der Waals surface area (Å²) in [6, 6.07) is 4.10. The Hall–Kier alpha value is -1.48. The molecule has 0 radical (unpaired) electrons. The van der Waals surface area contributed by atoms with E-state index in [1.807, 2.05) is 6.07 Å². The number of nitrogens with two attached hydrogens (primary N) is 1. The molecule has 1 saturated heterocycles. The van der Waals surface area contributed by atoms with E-state index < -0.39 is 5.91 Å². The molecule has 6 nitrogen and oxygen atoms in total. The standard InChI is InChI=1S/C15H18IN5O/c1-21-4-2-3-10(7-21)20-15-12-6-9(16)5-11(14(17)22)13(12)18-8-19-15/h5-6,8,10H,2-4,7H2,1H3,(H2,17,22)(H,18,19,20). The zero-order valence-corrected chi connectivity index (χ0v) is 14.5. The van der Waals surface area contributed by atoms with Crippen molar-refractivity contribution in [3.8, 4) is 0 Å². The highest BCUT2D eigenvalue weighted by atomic mass is 127. The second kappa shape index (κ2) is 6.33. The molecule has 3 N–H and O–H groups in total. The average molecular weight is 411 g/mol. The number of piperidine rings is 1. The van der Waals surface area contributed by atoms with E-state index in [-0.39, 0.29) is 0 Å². The molecule has 0 spiro atoms. The number of nitrogens with zero attached hydrogens (tertiary/aromatic N) is 3. The van der Waals surface area contributed by atoms with Crippen LogP contribution in [-0.4, -0.2) is 47.0 Å². The molecular weight excluding hydrogens is 393 g/mol. The van der Waals surface area contributed by atoms with Crippen molar-refractivity contribution in [3.63, 3.8) is 0 Å². The summed E-state index contributed by atoms with van der Waals surface area (Å²) in [6.45, 7) is 2.12. The number of anilines is 1. The molecule has 7 heteroatoms. The lowest BCUT2D eigenvalue weighted by Gasteiger charge is -2.30. The van der Waals surface area contributed by atoms with Crippen molar-refractivity contribution in [1.29, 1.82) is 0 Å². The molecule has 0 saturated carbocycles. The van der Waals surface area contributed by atoms with Crippen molar-refractivity contribution in [1.82, 2.24) is 14.9 Å². The van der Waals surface area contributed by atoms with E-state index in [2.05, 4.69) is 49.8 Å². The molecule has 1 aliphatic heterocycles. The molecule has 0 aliphatic carbocycles. The third-order valence-electron chi connectivity index (χ3n) is 3.93. The van der Waals surface area contributed by atoms with Gasteiger partial charge in [-0.05, 0) is 61.2 Å². The number of amides is 1. The minimum atomic E-state index is -0.467. The van der Waals surface area contributed by atoms with Crippen LogP contribution in [0.15, 0.2) is 18.5 Å². The van der Waals surface area contributed by atoms with E-state index in [0.29, 0.717) is 17.1 Å². The van der Waals surface area contributed by atoms with E-state index in [0.717, 1.165) is 34.3 Å². The average Bonchev–Trinajstić information content (AvgIpc) is 2.47. The first kappa shape index (κ1) is 15.4. The fourth-order valence-corrected chi connectivity index (χ4v) is 3.54. The van der Waals surface area contributed by atoms with Gasteiger partial charge in [0.2, 0.25) is 0 Å². The van der Waals surface area contributed by atoms with E-state index >= 15 is 0 Å². The zero-order chi connectivity index (χ0) is 15.7. The molecule has 1 aliphatic rings.